The molecule has 0 saturated carbocycles. The lowest BCUT2D eigenvalue weighted by Gasteiger charge is -2.07. The topological polar surface area (TPSA) is 71.3 Å². The number of hydroxylamine groups is 1. The molecule has 0 amide bonds. The SMILES string of the molecule is O=S(=O)(c1ccccc1)n1cc(CCNO)c2cc(Br)ccc21. The second-order valence-corrected chi connectivity index (χ2v) is 7.82. The van der Waals surface area contributed by atoms with Crippen LogP contribution < -0.4 is 5.48 Å². The normalized spacial score (nSPS) is 11.9. The van der Waals surface area contributed by atoms with E-state index in [2.05, 4.69) is 21.4 Å². The molecule has 0 aliphatic heterocycles. The molecular weight excluding hydrogens is 380 g/mol. The van der Waals surface area contributed by atoms with Crippen LogP contribution in [-0.4, -0.2) is 24.1 Å². The Bertz CT molecular complexity index is 937. The lowest BCUT2D eigenvalue weighted by molar-refractivity contribution is 0.168. The van der Waals surface area contributed by atoms with Gasteiger partial charge in [-0.15, -0.1) is 0 Å². The first-order valence-electron chi connectivity index (χ1n) is 7.01. The summed E-state index contributed by atoms with van der Waals surface area (Å²) in [5.41, 5.74) is 3.57. The van der Waals surface area contributed by atoms with Gasteiger partial charge in [-0.25, -0.2) is 17.9 Å². The van der Waals surface area contributed by atoms with Gasteiger partial charge in [0.1, 0.15) is 0 Å². The highest BCUT2D eigenvalue weighted by atomic mass is 79.9. The van der Waals surface area contributed by atoms with Crippen LogP contribution in [0.15, 0.2) is 64.1 Å². The van der Waals surface area contributed by atoms with Gasteiger partial charge in [0.15, 0.2) is 0 Å². The largest absolute Gasteiger partial charge is 0.317 e. The highest BCUT2D eigenvalue weighted by Gasteiger charge is 2.21. The molecule has 1 heterocycles. The predicted octanol–water partition coefficient (Wildman–Crippen LogP) is 3.16. The quantitative estimate of drug-likeness (QED) is 0.651. The van der Waals surface area contributed by atoms with Crippen LogP contribution in [-0.2, 0) is 16.4 Å². The summed E-state index contributed by atoms with van der Waals surface area (Å²) >= 11 is 3.42. The van der Waals surface area contributed by atoms with Crippen molar-refractivity contribution >= 4 is 36.9 Å². The smallest absolute Gasteiger partial charge is 0.268 e. The molecule has 0 spiro atoms. The average molecular weight is 395 g/mol. The van der Waals surface area contributed by atoms with Gasteiger partial charge in [0.2, 0.25) is 0 Å². The second kappa shape index (κ2) is 6.45. The van der Waals surface area contributed by atoms with Crippen LogP contribution in [0.4, 0.5) is 0 Å². The molecule has 5 nitrogen and oxygen atoms in total. The maximum Gasteiger partial charge on any atom is 0.268 e. The van der Waals surface area contributed by atoms with E-state index in [0.717, 1.165) is 15.4 Å². The highest BCUT2D eigenvalue weighted by Crippen LogP contribution is 2.28. The molecule has 7 heteroatoms. The lowest BCUT2D eigenvalue weighted by atomic mass is 10.1. The van der Waals surface area contributed by atoms with Crippen LogP contribution in [0.1, 0.15) is 5.56 Å². The summed E-state index contributed by atoms with van der Waals surface area (Å²) < 4.78 is 28.0. The Morgan fingerprint density at radius 2 is 1.87 bits per heavy atom. The summed E-state index contributed by atoms with van der Waals surface area (Å²) in [6, 6.07) is 13.8. The minimum absolute atomic E-state index is 0.242. The van der Waals surface area contributed by atoms with E-state index >= 15 is 0 Å². The van der Waals surface area contributed by atoms with Gasteiger partial charge in [0, 0.05) is 22.6 Å². The van der Waals surface area contributed by atoms with E-state index in [1.54, 1.807) is 42.6 Å². The Labute approximate surface area is 142 Å². The van der Waals surface area contributed by atoms with E-state index in [4.69, 9.17) is 5.21 Å². The number of nitrogens with zero attached hydrogens (tertiary/aromatic N) is 1. The molecule has 23 heavy (non-hydrogen) atoms. The highest BCUT2D eigenvalue weighted by molar-refractivity contribution is 9.10. The zero-order chi connectivity index (χ0) is 16.4. The van der Waals surface area contributed by atoms with E-state index < -0.39 is 10.0 Å². The number of hydrogen-bond acceptors (Lipinski definition) is 4. The Morgan fingerprint density at radius 1 is 1.13 bits per heavy atom. The maximum absolute atomic E-state index is 12.9. The molecule has 1 aromatic heterocycles. The van der Waals surface area contributed by atoms with Gasteiger partial charge >= 0.3 is 0 Å². The fraction of sp³-hybridized carbons (Fsp3) is 0.125. The van der Waals surface area contributed by atoms with Gasteiger partial charge in [-0.05, 0) is 42.3 Å². The molecule has 2 aromatic carbocycles. The van der Waals surface area contributed by atoms with Crippen molar-refractivity contribution in [3.05, 3.63) is 64.8 Å². The molecule has 0 fully saturated rings. The lowest BCUT2D eigenvalue weighted by Crippen LogP contribution is -2.12. The van der Waals surface area contributed by atoms with Crippen LogP contribution >= 0.6 is 15.9 Å². The number of rotatable bonds is 5. The third kappa shape index (κ3) is 3.05. The molecule has 2 N–H and O–H groups in total. The van der Waals surface area contributed by atoms with Gasteiger partial charge in [0.05, 0.1) is 10.4 Å². The summed E-state index contributed by atoms with van der Waals surface area (Å²) in [5.74, 6) is 0. The number of nitrogens with one attached hydrogen (secondary N) is 1. The van der Waals surface area contributed by atoms with E-state index in [1.165, 1.54) is 3.97 Å². The summed E-state index contributed by atoms with van der Waals surface area (Å²) in [6.07, 6.45) is 2.14. The number of aromatic nitrogens is 1. The molecule has 120 valence electrons. The van der Waals surface area contributed by atoms with Crippen LogP contribution in [0.2, 0.25) is 0 Å². The molecule has 0 atom stereocenters. The second-order valence-electron chi connectivity index (χ2n) is 5.09. The van der Waals surface area contributed by atoms with Crippen molar-refractivity contribution < 1.29 is 13.6 Å². The zero-order valence-electron chi connectivity index (χ0n) is 12.1. The maximum atomic E-state index is 12.9. The number of hydrogen-bond donors (Lipinski definition) is 2. The van der Waals surface area contributed by atoms with Gasteiger partial charge in [0.25, 0.3) is 10.0 Å². The zero-order valence-corrected chi connectivity index (χ0v) is 14.5. The first kappa shape index (κ1) is 16.2. The average Bonchev–Trinajstić information content (AvgIpc) is 2.92. The van der Waals surface area contributed by atoms with E-state index in [1.807, 2.05) is 12.1 Å². The number of halogens is 1. The van der Waals surface area contributed by atoms with Gasteiger partial charge in [-0.2, -0.15) is 0 Å². The molecule has 0 radical (unpaired) electrons. The third-order valence-corrected chi connectivity index (χ3v) is 5.80. The molecule has 0 unspecified atom stereocenters. The molecular formula is C16H15BrN2O3S. The number of fused-ring (bicyclic) bond motifs is 1. The Balaban J connectivity index is 2.22. The van der Waals surface area contributed by atoms with Crippen LogP contribution in [0.3, 0.4) is 0 Å². The van der Waals surface area contributed by atoms with Crippen molar-refractivity contribution in [1.82, 2.24) is 9.45 Å². The van der Waals surface area contributed by atoms with Crippen molar-refractivity contribution in [3.63, 3.8) is 0 Å². The van der Waals surface area contributed by atoms with Crippen LogP contribution in [0, 0.1) is 0 Å². The van der Waals surface area contributed by atoms with Crippen molar-refractivity contribution in [2.75, 3.05) is 6.54 Å². The third-order valence-electron chi connectivity index (χ3n) is 3.62. The van der Waals surface area contributed by atoms with Crippen LogP contribution in [0.5, 0.6) is 0 Å². The van der Waals surface area contributed by atoms with E-state index in [-0.39, 0.29) is 4.90 Å². The van der Waals surface area contributed by atoms with Crippen LogP contribution in [0.25, 0.3) is 10.9 Å². The summed E-state index contributed by atoms with van der Waals surface area (Å²) in [6.45, 7) is 0.344. The fourth-order valence-corrected chi connectivity index (χ4v) is 4.31. The van der Waals surface area contributed by atoms with Crippen molar-refractivity contribution in [1.29, 1.82) is 0 Å². The standard InChI is InChI=1S/C16H15BrN2O3S/c17-13-6-7-16-15(10-13)12(8-9-18-20)11-19(16)23(21,22)14-4-2-1-3-5-14/h1-7,10-11,18,20H,8-9H2. The number of benzene rings is 2. The monoisotopic (exact) mass is 394 g/mol. The molecule has 0 saturated heterocycles. The Hall–Kier alpha value is -1.67. The van der Waals surface area contributed by atoms with Gasteiger partial charge < -0.3 is 5.21 Å². The van der Waals surface area contributed by atoms with E-state index in [0.29, 0.717) is 18.5 Å². The first-order chi connectivity index (χ1) is 11.0. The summed E-state index contributed by atoms with van der Waals surface area (Å²) in [7, 11) is -3.66. The predicted molar refractivity (Wildman–Crippen MR) is 92.2 cm³/mol. The Morgan fingerprint density at radius 3 is 2.57 bits per heavy atom. The Kier molecular flexibility index (Phi) is 4.54. The minimum atomic E-state index is -3.66. The van der Waals surface area contributed by atoms with Gasteiger partial charge in [-0.3, -0.25) is 0 Å². The van der Waals surface area contributed by atoms with Crippen molar-refractivity contribution in [2.45, 2.75) is 11.3 Å². The molecule has 3 aromatic rings. The summed E-state index contributed by atoms with van der Waals surface area (Å²) in [5, 5.41) is 9.66. The molecule has 0 bridgehead atoms. The summed E-state index contributed by atoms with van der Waals surface area (Å²) in [4.78, 5) is 0.242. The molecule has 0 aliphatic rings. The fourth-order valence-electron chi connectivity index (χ4n) is 2.53. The van der Waals surface area contributed by atoms with Crippen molar-refractivity contribution in [2.24, 2.45) is 0 Å². The molecule has 0 aliphatic carbocycles. The minimum Gasteiger partial charge on any atom is -0.317 e. The first-order valence-corrected chi connectivity index (χ1v) is 9.24. The molecule has 3 rings (SSSR count). The van der Waals surface area contributed by atoms with Gasteiger partial charge in [-0.1, -0.05) is 34.1 Å². The van der Waals surface area contributed by atoms with Crippen molar-refractivity contribution in [3.8, 4) is 0 Å². The van der Waals surface area contributed by atoms with E-state index in [9.17, 15) is 8.42 Å².